The van der Waals surface area contributed by atoms with E-state index in [0.29, 0.717) is 0 Å². The summed E-state index contributed by atoms with van der Waals surface area (Å²) in [7, 11) is 0. The molecule has 4 heteroatoms. The smallest absolute Gasteiger partial charge is 0.144 e. The van der Waals surface area contributed by atoms with Crippen LogP contribution in [-0.4, -0.2) is 20.5 Å². The quantitative estimate of drug-likeness (QED) is 0.615. The Labute approximate surface area is 110 Å². The van der Waals surface area contributed by atoms with E-state index >= 15 is 0 Å². The van der Waals surface area contributed by atoms with E-state index in [4.69, 9.17) is 0 Å². The van der Waals surface area contributed by atoms with E-state index in [0.717, 1.165) is 16.5 Å². The summed E-state index contributed by atoms with van der Waals surface area (Å²) in [5, 5.41) is 2.20. The summed E-state index contributed by atoms with van der Waals surface area (Å²) in [6.45, 7) is 5.69. The van der Waals surface area contributed by atoms with Crippen LogP contribution >= 0.6 is 0 Å². The summed E-state index contributed by atoms with van der Waals surface area (Å²) in [6.07, 6.45) is 3.38. The molecule has 0 amide bonds. The van der Waals surface area contributed by atoms with Crippen LogP contribution in [0.3, 0.4) is 0 Å². The average Bonchev–Trinajstić information content (AvgIpc) is 2.34. The van der Waals surface area contributed by atoms with Gasteiger partial charge in [-0.05, 0) is 32.2 Å². The molecular formula is C14H16N2OS. The van der Waals surface area contributed by atoms with Gasteiger partial charge >= 0.3 is 0 Å². The molecule has 1 atom stereocenters. The molecule has 0 saturated carbocycles. The van der Waals surface area contributed by atoms with Gasteiger partial charge in [0.25, 0.3) is 0 Å². The molecule has 94 valence electrons. The van der Waals surface area contributed by atoms with Crippen molar-refractivity contribution in [2.75, 3.05) is 0 Å². The van der Waals surface area contributed by atoms with E-state index in [1.54, 1.807) is 12.4 Å². The van der Waals surface area contributed by atoms with Gasteiger partial charge in [-0.3, -0.25) is 4.98 Å². The highest BCUT2D eigenvalue weighted by Gasteiger charge is 2.25. The van der Waals surface area contributed by atoms with Crippen molar-refractivity contribution < 1.29 is 4.55 Å². The first-order valence-electron chi connectivity index (χ1n) is 5.78. The lowest BCUT2D eigenvalue weighted by molar-refractivity contribution is 0.562. The van der Waals surface area contributed by atoms with Crippen LogP contribution in [0.25, 0.3) is 10.8 Å². The fourth-order valence-corrected chi connectivity index (χ4v) is 1.95. The molecule has 1 aromatic heterocycles. The van der Waals surface area contributed by atoms with Gasteiger partial charge in [0.15, 0.2) is 0 Å². The van der Waals surface area contributed by atoms with Gasteiger partial charge in [-0.25, -0.2) is 0 Å². The molecule has 0 fully saturated rings. The minimum Gasteiger partial charge on any atom is -0.591 e. The van der Waals surface area contributed by atoms with Crippen molar-refractivity contribution in [1.82, 2.24) is 4.98 Å². The summed E-state index contributed by atoms with van der Waals surface area (Å²) >= 11 is -1.24. The summed E-state index contributed by atoms with van der Waals surface area (Å²) in [5.41, 5.74) is 0.728. The number of hydrogen-bond donors (Lipinski definition) is 0. The van der Waals surface area contributed by atoms with Crippen LogP contribution in [0, 0.1) is 0 Å². The van der Waals surface area contributed by atoms with E-state index in [1.165, 1.54) is 0 Å². The summed E-state index contributed by atoms with van der Waals surface area (Å²) in [6, 6.07) is 9.94. The molecule has 1 aromatic carbocycles. The van der Waals surface area contributed by atoms with Gasteiger partial charge in [0.05, 0.1) is 5.69 Å². The molecule has 0 saturated heterocycles. The topological polar surface area (TPSA) is 48.3 Å². The Bertz CT molecular complexity index is 575. The molecule has 1 heterocycles. The van der Waals surface area contributed by atoms with Crippen molar-refractivity contribution in [3.63, 3.8) is 0 Å². The third-order valence-corrected chi connectivity index (χ3v) is 3.80. The van der Waals surface area contributed by atoms with E-state index in [2.05, 4.69) is 9.38 Å². The maximum atomic E-state index is 11.8. The molecule has 0 N–H and O–H groups in total. The van der Waals surface area contributed by atoms with Gasteiger partial charge in [-0.15, -0.1) is 0 Å². The maximum Gasteiger partial charge on any atom is 0.144 e. The van der Waals surface area contributed by atoms with Crippen molar-refractivity contribution in [1.29, 1.82) is 0 Å². The highest BCUT2D eigenvalue weighted by Crippen LogP contribution is 2.17. The lowest BCUT2D eigenvalue weighted by atomic mass is 10.1. The van der Waals surface area contributed by atoms with Gasteiger partial charge in [-0.2, -0.15) is 0 Å². The first-order valence-corrected chi connectivity index (χ1v) is 6.88. The fourth-order valence-electron chi connectivity index (χ4n) is 1.43. The summed E-state index contributed by atoms with van der Waals surface area (Å²) in [4.78, 5) is 4.28. The Morgan fingerprint density at radius 1 is 1.22 bits per heavy atom. The molecule has 18 heavy (non-hydrogen) atoms. The zero-order valence-electron chi connectivity index (χ0n) is 10.8. The van der Waals surface area contributed by atoms with Crippen molar-refractivity contribution in [3.05, 3.63) is 42.2 Å². The highest BCUT2D eigenvalue weighted by molar-refractivity contribution is 7.91. The molecule has 0 aliphatic heterocycles. The average molecular weight is 260 g/mol. The van der Waals surface area contributed by atoms with E-state index in [1.807, 2.05) is 51.1 Å². The summed E-state index contributed by atoms with van der Waals surface area (Å²) < 4.78 is 15.5. The molecular weight excluding hydrogens is 244 g/mol. The Balaban J connectivity index is 2.25. The van der Waals surface area contributed by atoms with Crippen molar-refractivity contribution in [2.24, 2.45) is 4.40 Å². The number of pyridine rings is 1. The van der Waals surface area contributed by atoms with E-state index < -0.39 is 11.4 Å². The van der Waals surface area contributed by atoms with Crippen LogP contribution in [0.5, 0.6) is 0 Å². The number of nitrogens with zero attached hydrogens (tertiary/aromatic N) is 2. The maximum absolute atomic E-state index is 11.8. The second-order valence-corrected chi connectivity index (χ2v) is 6.99. The molecule has 0 spiro atoms. The largest absolute Gasteiger partial charge is 0.591 e. The highest BCUT2D eigenvalue weighted by atomic mass is 32.2. The molecule has 3 nitrogen and oxygen atoms in total. The van der Waals surface area contributed by atoms with Gasteiger partial charge in [0.1, 0.15) is 22.3 Å². The molecule has 0 aliphatic carbocycles. The third kappa shape index (κ3) is 3.09. The molecule has 2 rings (SSSR count). The van der Waals surface area contributed by atoms with Gasteiger partial charge in [0.2, 0.25) is 0 Å². The number of aromatic nitrogens is 1. The first kappa shape index (κ1) is 13.1. The number of benzene rings is 1. The monoisotopic (exact) mass is 260 g/mol. The Kier molecular flexibility index (Phi) is 3.68. The number of rotatable bonds is 2. The zero-order valence-corrected chi connectivity index (χ0v) is 11.6. The van der Waals surface area contributed by atoms with Crippen molar-refractivity contribution in [2.45, 2.75) is 25.5 Å². The predicted molar refractivity (Wildman–Crippen MR) is 77.2 cm³/mol. The van der Waals surface area contributed by atoms with E-state index in [-0.39, 0.29) is 4.75 Å². The Hall–Kier alpha value is -1.39. The molecule has 2 aromatic rings. The van der Waals surface area contributed by atoms with Crippen LogP contribution in [-0.2, 0) is 11.4 Å². The fraction of sp³-hybridized carbons (Fsp3) is 0.286. The minimum absolute atomic E-state index is 0.340. The normalized spacial score (nSPS) is 14.2. The van der Waals surface area contributed by atoms with E-state index in [9.17, 15) is 4.55 Å². The van der Waals surface area contributed by atoms with Crippen LogP contribution < -0.4 is 0 Å². The standard InChI is InChI=1S/C14H16N2OS/c1-14(2,3)18(17)16-10-13-8-11-6-4-5-7-12(11)9-15-13/h4-10H,1-3H3/b16-10+. The molecule has 0 aliphatic rings. The Morgan fingerprint density at radius 3 is 2.56 bits per heavy atom. The van der Waals surface area contributed by atoms with Crippen LogP contribution in [0.2, 0.25) is 0 Å². The first-order chi connectivity index (χ1) is 8.47. The van der Waals surface area contributed by atoms with Crippen molar-refractivity contribution in [3.8, 4) is 0 Å². The zero-order chi connectivity index (χ0) is 13.2. The van der Waals surface area contributed by atoms with Crippen LogP contribution in [0.15, 0.2) is 40.9 Å². The summed E-state index contributed by atoms with van der Waals surface area (Å²) in [5.74, 6) is 0. The third-order valence-electron chi connectivity index (χ3n) is 2.46. The number of hydrogen-bond acceptors (Lipinski definition) is 3. The van der Waals surface area contributed by atoms with Crippen LogP contribution in [0.4, 0.5) is 0 Å². The lowest BCUT2D eigenvalue weighted by Crippen LogP contribution is -2.25. The predicted octanol–water partition coefficient (Wildman–Crippen LogP) is 3.12. The second kappa shape index (κ2) is 5.08. The number of fused-ring (bicyclic) bond motifs is 1. The Morgan fingerprint density at radius 2 is 1.89 bits per heavy atom. The SMILES string of the molecule is CC(C)(C)[S+]([O-])/N=C/c1cc2ccccc2cn1. The van der Waals surface area contributed by atoms with Crippen molar-refractivity contribution >= 4 is 28.3 Å². The lowest BCUT2D eigenvalue weighted by Gasteiger charge is -2.17. The molecule has 0 bridgehead atoms. The second-order valence-electron chi connectivity index (χ2n) is 5.05. The van der Waals surface area contributed by atoms with Gasteiger partial charge < -0.3 is 4.55 Å². The van der Waals surface area contributed by atoms with Crippen LogP contribution in [0.1, 0.15) is 26.5 Å². The molecule has 0 radical (unpaired) electrons. The molecule has 1 unspecified atom stereocenters. The van der Waals surface area contributed by atoms with Gasteiger partial charge in [-0.1, -0.05) is 28.7 Å². The minimum atomic E-state index is -1.24. The van der Waals surface area contributed by atoms with Gasteiger partial charge in [0, 0.05) is 11.6 Å².